The first-order valence-corrected chi connectivity index (χ1v) is 7.35. The van der Waals surface area contributed by atoms with Crippen LogP contribution in [0.2, 0.25) is 0 Å². The molecule has 0 aliphatic carbocycles. The lowest BCUT2D eigenvalue weighted by Crippen LogP contribution is -2.41. The van der Waals surface area contributed by atoms with Crippen LogP contribution < -0.4 is 4.74 Å². The number of ether oxygens (including phenoxy) is 1. The zero-order chi connectivity index (χ0) is 15.1. The van der Waals surface area contributed by atoms with Crippen molar-refractivity contribution < 1.29 is 14.9 Å². The van der Waals surface area contributed by atoms with Gasteiger partial charge in [-0.3, -0.25) is 0 Å². The molecular formula is C16H22N2O3. The quantitative estimate of drug-likeness (QED) is 0.817. The third-order valence-corrected chi connectivity index (χ3v) is 3.86. The van der Waals surface area contributed by atoms with Gasteiger partial charge >= 0.3 is 0 Å². The van der Waals surface area contributed by atoms with Crippen LogP contribution in [0, 0.1) is 17.2 Å². The molecule has 5 heteroatoms. The van der Waals surface area contributed by atoms with Crippen LogP contribution in [0.5, 0.6) is 5.75 Å². The van der Waals surface area contributed by atoms with E-state index in [1.54, 1.807) is 24.3 Å². The predicted octanol–water partition coefficient (Wildman–Crippen LogP) is 1.00. The minimum Gasteiger partial charge on any atom is -0.491 e. The zero-order valence-corrected chi connectivity index (χ0v) is 12.1. The fourth-order valence-electron chi connectivity index (χ4n) is 2.52. The number of piperidine rings is 1. The summed E-state index contributed by atoms with van der Waals surface area (Å²) < 4.78 is 5.53. The van der Waals surface area contributed by atoms with Crippen LogP contribution in [0.3, 0.4) is 0 Å². The Morgan fingerprint density at radius 2 is 1.95 bits per heavy atom. The van der Waals surface area contributed by atoms with E-state index >= 15 is 0 Å². The first-order chi connectivity index (χ1) is 10.2. The minimum atomic E-state index is -0.536. The van der Waals surface area contributed by atoms with Crippen LogP contribution in [-0.2, 0) is 0 Å². The van der Waals surface area contributed by atoms with Crippen molar-refractivity contribution in [2.45, 2.75) is 18.9 Å². The standard InChI is InChI=1S/C16H22N2O3/c17-9-13-1-3-16(4-2-13)21-12-15(20)10-18-7-5-14(11-19)6-8-18/h1-4,14-15,19-20H,5-8,10-12H2. The van der Waals surface area contributed by atoms with Crippen LogP contribution >= 0.6 is 0 Å². The van der Waals surface area contributed by atoms with Gasteiger partial charge in [0.2, 0.25) is 0 Å². The monoisotopic (exact) mass is 290 g/mol. The van der Waals surface area contributed by atoms with Crippen molar-refractivity contribution in [3.63, 3.8) is 0 Å². The van der Waals surface area contributed by atoms with E-state index in [4.69, 9.17) is 15.1 Å². The molecule has 1 saturated heterocycles. The molecule has 114 valence electrons. The molecule has 1 aliphatic rings. The molecule has 0 amide bonds. The van der Waals surface area contributed by atoms with E-state index in [-0.39, 0.29) is 13.2 Å². The Balaban J connectivity index is 1.69. The summed E-state index contributed by atoms with van der Waals surface area (Å²) in [5.41, 5.74) is 0.592. The zero-order valence-electron chi connectivity index (χ0n) is 12.1. The summed E-state index contributed by atoms with van der Waals surface area (Å²) in [6.07, 6.45) is 1.44. The third kappa shape index (κ3) is 5.01. The highest BCUT2D eigenvalue weighted by Crippen LogP contribution is 2.17. The van der Waals surface area contributed by atoms with Gasteiger partial charge < -0.3 is 19.8 Å². The smallest absolute Gasteiger partial charge is 0.119 e. The SMILES string of the molecule is N#Cc1ccc(OCC(O)CN2CCC(CO)CC2)cc1. The molecule has 0 bridgehead atoms. The number of hydrogen-bond donors (Lipinski definition) is 2. The predicted molar refractivity (Wildman–Crippen MR) is 78.9 cm³/mol. The molecule has 21 heavy (non-hydrogen) atoms. The molecule has 1 aromatic rings. The normalized spacial score (nSPS) is 18.1. The molecule has 1 unspecified atom stereocenters. The molecule has 5 nitrogen and oxygen atoms in total. The number of likely N-dealkylation sites (tertiary alicyclic amines) is 1. The van der Waals surface area contributed by atoms with E-state index < -0.39 is 6.10 Å². The Labute approximate surface area is 125 Å². The fraction of sp³-hybridized carbons (Fsp3) is 0.562. The summed E-state index contributed by atoms with van der Waals surface area (Å²) in [5.74, 6) is 1.07. The highest BCUT2D eigenvalue weighted by molar-refractivity contribution is 5.34. The molecular weight excluding hydrogens is 268 g/mol. The Morgan fingerprint density at radius 3 is 2.52 bits per heavy atom. The van der Waals surface area contributed by atoms with E-state index in [9.17, 15) is 5.11 Å². The molecule has 2 N–H and O–H groups in total. The molecule has 1 fully saturated rings. The van der Waals surface area contributed by atoms with Crippen molar-refractivity contribution >= 4 is 0 Å². The topological polar surface area (TPSA) is 76.7 Å². The molecule has 0 spiro atoms. The summed E-state index contributed by atoms with van der Waals surface area (Å²) in [5, 5.41) is 27.8. The number of β-amino-alcohol motifs (C(OH)–C–C–N with tert-alkyl or cyclic N) is 1. The van der Waals surface area contributed by atoms with Crippen LogP contribution in [0.4, 0.5) is 0 Å². The maximum atomic E-state index is 10.0. The lowest BCUT2D eigenvalue weighted by atomic mass is 9.98. The van der Waals surface area contributed by atoms with Crippen molar-refractivity contribution in [2.24, 2.45) is 5.92 Å². The first kappa shape index (κ1) is 15.8. The number of benzene rings is 1. The molecule has 0 aromatic heterocycles. The van der Waals surface area contributed by atoms with Gasteiger partial charge in [-0.25, -0.2) is 0 Å². The summed E-state index contributed by atoms with van der Waals surface area (Å²) in [4.78, 5) is 2.21. The highest BCUT2D eigenvalue weighted by atomic mass is 16.5. The van der Waals surface area contributed by atoms with E-state index in [0.29, 0.717) is 23.8 Å². The summed E-state index contributed by atoms with van der Waals surface area (Å²) >= 11 is 0. The molecule has 1 heterocycles. The highest BCUT2D eigenvalue weighted by Gasteiger charge is 2.20. The van der Waals surface area contributed by atoms with Crippen molar-refractivity contribution in [2.75, 3.05) is 32.8 Å². The number of aliphatic hydroxyl groups is 2. The molecule has 0 radical (unpaired) electrons. The van der Waals surface area contributed by atoms with Crippen LogP contribution in [0.1, 0.15) is 18.4 Å². The average Bonchev–Trinajstić information content (AvgIpc) is 2.54. The molecule has 1 aromatic carbocycles. The summed E-state index contributed by atoms with van der Waals surface area (Å²) in [7, 11) is 0. The Kier molecular flexibility index (Phi) is 6.00. The number of nitriles is 1. The first-order valence-electron chi connectivity index (χ1n) is 7.35. The van der Waals surface area contributed by atoms with Crippen molar-refractivity contribution in [3.8, 4) is 11.8 Å². The van der Waals surface area contributed by atoms with Gasteiger partial charge in [-0.1, -0.05) is 0 Å². The molecule has 1 aliphatic heterocycles. The van der Waals surface area contributed by atoms with E-state index in [0.717, 1.165) is 25.9 Å². The summed E-state index contributed by atoms with van der Waals surface area (Å²) in [6, 6.07) is 8.91. The average molecular weight is 290 g/mol. The van der Waals surface area contributed by atoms with Gasteiger partial charge in [-0.05, 0) is 56.1 Å². The number of hydrogen-bond acceptors (Lipinski definition) is 5. The lowest BCUT2D eigenvalue weighted by molar-refractivity contribution is 0.0488. The largest absolute Gasteiger partial charge is 0.491 e. The van der Waals surface area contributed by atoms with Crippen LogP contribution in [0.25, 0.3) is 0 Å². The summed E-state index contributed by atoms with van der Waals surface area (Å²) in [6.45, 7) is 2.93. The van der Waals surface area contributed by atoms with Gasteiger partial charge in [-0.2, -0.15) is 5.26 Å². The van der Waals surface area contributed by atoms with Gasteiger partial charge in [-0.15, -0.1) is 0 Å². The molecule has 0 saturated carbocycles. The lowest BCUT2D eigenvalue weighted by Gasteiger charge is -2.32. The Bertz CT molecular complexity index is 461. The second-order valence-corrected chi connectivity index (χ2v) is 5.53. The van der Waals surface area contributed by atoms with E-state index in [1.807, 2.05) is 0 Å². The fourth-order valence-corrected chi connectivity index (χ4v) is 2.52. The molecule has 2 rings (SSSR count). The third-order valence-electron chi connectivity index (χ3n) is 3.86. The maximum Gasteiger partial charge on any atom is 0.119 e. The second kappa shape index (κ2) is 7.99. The van der Waals surface area contributed by atoms with Gasteiger partial charge in [0.05, 0.1) is 11.6 Å². The van der Waals surface area contributed by atoms with Crippen molar-refractivity contribution in [3.05, 3.63) is 29.8 Å². The minimum absolute atomic E-state index is 0.242. The van der Waals surface area contributed by atoms with Crippen LogP contribution in [0.15, 0.2) is 24.3 Å². The van der Waals surface area contributed by atoms with E-state index in [2.05, 4.69) is 11.0 Å². The maximum absolute atomic E-state index is 10.0. The van der Waals surface area contributed by atoms with Gasteiger partial charge in [0.15, 0.2) is 0 Å². The Morgan fingerprint density at radius 1 is 1.29 bits per heavy atom. The van der Waals surface area contributed by atoms with Crippen LogP contribution in [-0.4, -0.2) is 54.1 Å². The number of aliphatic hydroxyl groups excluding tert-OH is 2. The van der Waals surface area contributed by atoms with Gasteiger partial charge in [0, 0.05) is 13.2 Å². The van der Waals surface area contributed by atoms with E-state index in [1.165, 1.54) is 0 Å². The second-order valence-electron chi connectivity index (χ2n) is 5.53. The number of nitrogens with zero attached hydrogens (tertiary/aromatic N) is 2. The Hall–Kier alpha value is -1.61. The number of rotatable bonds is 6. The van der Waals surface area contributed by atoms with Crippen molar-refractivity contribution in [1.29, 1.82) is 5.26 Å². The molecule has 1 atom stereocenters. The van der Waals surface area contributed by atoms with Gasteiger partial charge in [0.25, 0.3) is 0 Å². The van der Waals surface area contributed by atoms with Gasteiger partial charge in [0.1, 0.15) is 18.5 Å². The van der Waals surface area contributed by atoms with Crippen molar-refractivity contribution in [1.82, 2.24) is 4.90 Å².